The highest BCUT2D eigenvalue weighted by molar-refractivity contribution is 6.25. The Bertz CT molecular complexity index is 2970. The van der Waals surface area contributed by atoms with Crippen molar-refractivity contribution < 1.29 is 42.7 Å². The van der Waals surface area contributed by atoms with Gasteiger partial charge in [-0.05, 0) is 93.1 Å². The molecule has 3 aliphatic rings. The molecule has 4 N–H and O–H groups in total. The molecular formula is C48H47F2N9O8. The summed E-state index contributed by atoms with van der Waals surface area (Å²) in [5, 5.41) is 19.1. The Balaban J connectivity index is 0.993. The summed E-state index contributed by atoms with van der Waals surface area (Å²) in [5.74, 6) is -5.24. The van der Waals surface area contributed by atoms with Crippen molar-refractivity contribution >= 4 is 58.0 Å². The van der Waals surface area contributed by atoms with Crippen molar-refractivity contribution in [2.24, 2.45) is 0 Å². The summed E-state index contributed by atoms with van der Waals surface area (Å²) in [4.78, 5) is 104. The third kappa shape index (κ3) is 8.59. The number of aryl methyl sites for hydroxylation is 1. The fourth-order valence-corrected chi connectivity index (χ4v) is 9.04. The number of nitrogens with zero attached hydrogens (tertiary/aromatic N) is 6. The van der Waals surface area contributed by atoms with Gasteiger partial charge in [-0.25, -0.2) is 23.1 Å². The van der Waals surface area contributed by atoms with Gasteiger partial charge in [0.2, 0.25) is 23.6 Å². The lowest BCUT2D eigenvalue weighted by molar-refractivity contribution is -0.136. The van der Waals surface area contributed by atoms with E-state index in [1.807, 2.05) is 6.92 Å². The van der Waals surface area contributed by atoms with Gasteiger partial charge in [-0.15, -0.1) is 0 Å². The second-order valence-corrected chi connectivity index (χ2v) is 16.8. The predicted octanol–water partition coefficient (Wildman–Crippen LogP) is 4.57. The topological polar surface area (TPSA) is 216 Å². The molecule has 2 fully saturated rings. The molecule has 5 heterocycles. The molecule has 346 valence electrons. The van der Waals surface area contributed by atoms with Crippen LogP contribution in [0.4, 0.5) is 20.3 Å². The van der Waals surface area contributed by atoms with Crippen LogP contribution >= 0.6 is 0 Å². The number of benzene rings is 3. The third-order valence-electron chi connectivity index (χ3n) is 12.5. The zero-order valence-corrected chi connectivity index (χ0v) is 37.0. The zero-order chi connectivity index (χ0) is 47.8. The molecule has 0 spiro atoms. The van der Waals surface area contributed by atoms with Crippen molar-refractivity contribution in [2.45, 2.75) is 71.5 Å². The molecular weight excluding hydrogens is 869 g/mol. The quantitative estimate of drug-likeness (QED) is 0.0726. The van der Waals surface area contributed by atoms with Crippen LogP contribution < -0.4 is 26.5 Å². The molecule has 19 heteroatoms. The smallest absolute Gasteiger partial charge is 0.355 e. The van der Waals surface area contributed by atoms with Gasteiger partial charge < -0.3 is 25.5 Å². The van der Waals surface area contributed by atoms with E-state index in [9.17, 15) is 38.7 Å². The number of halogens is 2. The number of carbonyl (C=O) groups is 6. The molecule has 17 nitrogen and oxygen atoms in total. The molecule has 2 saturated heterocycles. The molecule has 1 unspecified atom stereocenters. The number of carbonyl (C=O) groups excluding carboxylic acids is 6. The average Bonchev–Trinajstić information content (AvgIpc) is 3.55. The second kappa shape index (κ2) is 18.6. The molecule has 0 bridgehead atoms. The minimum absolute atomic E-state index is 0.00965. The van der Waals surface area contributed by atoms with Crippen LogP contribution in [0.15, 0.2) is 72.0 Å². The lowest BCUT2D eigenvalue weighted by Crippen LogP contribution is -2.54. The average molecular weight is 916 g/mol. The number of anilines is 2. The van der Waals surface area contributed by atoms with E-state index in [2.05, 4.69) is 32.5 Å². The highest BCUT2D eigenvalue weighted by atomic mass is 19.1. The number of piperidine rings is 1. The summed E-state index contributed by atoms with van der Waals surface area (Å²) in [7, 11) is 0. The Morgan fingerprint density at radius 2 is 1.73 bits per heavy atom. The van der Waals surface area contributed by atoms with Gasteiger partial charge in [-0.3, -0.25) is 39.0 Å². The number of piperazine rings is 1. The molecule has 6 amide bonds. The Kier molecular flexibility index (Phi) is 12.7. The molecule has 8 rings (SSSR count). The number of imide groups is 2. The van der Waals surface area contributed by atoms with Crippen LogP contribution in [0.1, 0.15) is 76.4 Å². The predicted molar refractivity (Wildman–Crippen MR) is 243 cm³/mol. The standard InChI is InChI=1S/C48H47F2N9O8/c1-5-38(63)56-20-21-57(26(3)24-56)43-30-22-32(50)41(40-31(49)11-9-13-35(40)60)54-44(30)59(48(67)55-43)42-25(2)15-16-28(27(42)4)23-52-36(61)14-6-7-19-51-33-12-8-10-29-39(33)47(66)58(46(29)65)34-17-18-37(62)53-45(34)64/h5,8-13,15-16,22,26,34,51,60H,1,6-7,14,17-21,23-24H2,2-4H3,(H,52,61)(H,53,62,64)/t26-,34?/m0/s1. The van der Waals surface area contributed by atoms with E-state index in [0.717, 1.165) is 17.0 Å². The first kappa shape index (κ1) is 45.7. The maximum Gasteiger partial charge on any atom is 0.355 e. The number of pyridine rings is 1. The fourth-order valence-electron chi connectivity index (χ4n) is 9.04. The van der Waals surface area contributed by atoms with Crippen molar-refractivity contribution in [1.82, 2.24) is 35.0 Å². The molecule has 0 aliphatic carbocycles. The summed E-state index contributed by atoms with van der Waals surface area (Å²) in [6.07, 6.45) is 2.40. The van der Waals surface area contributed by atoms with Crippen molar-refractivity contribution in [2.75, 3.05) is 36.4 Å². The Morgan fingerprint density at radius 1 is 0.955 bits per heavy atom. The van der Waals surface area contributed by atoms with E-state index in [-0.39, 0.29) is 91.3 Å². The van der Waals surface area contributed by atoms with Crippen LogP contribution in [0.25, 0.3) is 28.0 Å². The van der Waals surface area contributed by atoms with Gasteiger partial charge in [0.1, 0.15) is 29.1 Å². The lowest BCUT2D eigenvalue weighted by Gasteiger charge is -2.40. The van der Waals surface area contributed by atoms with Crippen molar-refractivity contribution in [1.29, 1.82) is 0 Å². The van der Waals surface area contributed by atoms with Gasteiger partial charge in [-0.2, -0.15) is 4.98 Å². The summed E-state index contributed by atoms with van der Waals surface area (Å²) in [6.45, 7) is 10.2. The molecule has 0 radical (unpaired) electrons. The number of fused-ring (bicyclic) bond motifs is 2. The summed E-state index contributed by atoms with van der Waals surface area (Å²) < 4.78 is 32.7. The highest BCUT2D eigenvalue weighted by Gasteiger charge is 2.45. The third-order valence-corrected chi connectivity index (χ3v) is 12.5. The van der Waals surface area contributed by atoms with Crippen molar-refractivity contribution in [3.63, 3.8) is 0 Å². The number of aromatic hydroxyl groups is 1. The van der Waals surface area contributed by atoms with Crippen LogP contribution in [0.5, 0.6) is 5.75 Å². The molecule has 2 atom stereocenters. The lowest BCUT2D eigenvalue weighted by atomic mass is 10.0. The van der Waals surface area contributed by atoms with E-state index in [1.54, 1.807) is 47.9 Å². The Labute approximate surface area is 382 Å². The maximum absolute atomic E-state index is 16.2. The number of hydrogen-bond donors (Lipinski definition) is 4. The minimum atomic E-state index is -1.09. The van der Waals surface area contributed by atoms with E-state index in [4.69, 9.17) is 0 Å². The number of rotatable bonds is 13. The Morgan fingerprint density at radius 3 is 2.46 bits per heavy atom. The maximum atomic E-state index is 16.2. The molecule has 2 aromatic heterocycles. The largest absolute Gasteiger partial charge is 0.507 e. The summed E-state index contributed by atoms with van der Waals surface area (Å²) >= 11 is 0. The van der Waals surface area contributed by atoms with E-state index < -0.39 is 64.0 Å². The van der Waals surface area contributed by atoms with Gasteiger partial charge in [0.25, 0.3) is 11.8 Å². The first-order valence-electron chi connectivity index (χ1n) is 21.8. The minimum Gasteiger partial charge on any atom is -0.507 e. The van der Waals surface area contributed by atoms with Gasteiger partial charge in [0.15, 0.2) is 11.5 Å². The second-order valence-electron chi connectivity index (χ2n) is 16.8. The summed E-state index contributed by atoms with van der Waals surface area (Å²) in [5.41, 5.74) is 1.06. The van der Waals surface area contributed by atoms with Crippen LogP contribution in [0.3, 0.4) is 0 Å². The number of phenolic OH excluding ortho intramolecular Hbond substituents is 1. The van der Waals surface area contributed by atoms with E-state index in [1.165, 1.54) is 28.8 Å². The number of hydrogen-bond acceptors (Lipinski definition) is 12. The van der Waals surface area contributed by atoms with Gasteiger partial charge >= 0.3 is 5.69 Å². The first-order valence-corrected chi connectivity index (χ1v) is 21.8. The Hall–Kier alpha value is -7.83. The first-order chi connectivity index (χ1) is 32.1. The van der Waals surface area contributed by atoms with E-state index >= 15 is 8.78 Å². The number of phenols is 1. The van der Waals surface area contributed by atoms with Crippen molar-refractivity contribution in [3.8, 4) is 22.7 Å². The SMILES string of the molecule is C=CC(=O)N1CCN(c2nc(=O)n(-c3c(C)ccc(CNC(=O)CCCCNc4cccc5c4C(=O)N(C4CCC(=O)NC4=O)C5=O)c3C)c3nc(-c4c(O)cccc4F)c(F)cc23)[C@@H](C)C1. The molecule has 3 aromatic carbocycles. The monoisotopic (exact) mass is 915 g/mol. The van der Waals surface area contributed by atoms with Gasteiger partial charge in [0, 0.05) is 57.3 Å². The number of aromatic nitrogens is 3. The summed E-state index contributed by atoms with van der Waals surface area (Å²) in [6, 6.07) is 11.6. The van der Waals surface area contributed by atoms with Crippen LogP contribution in [0.2, 0.25) is 0 Å². The van der Waals surface area contributed by atoms with E-state index in [0.29, 0.717) is 47.5 Å². The van der Waals surface area contributed by atoms with Crippen LogP contribution in [-0.4, -0.2) is 103 Å². The fraction of sp³-hybridized carbons (Fsp3) is 0.312. The molecule has 67 heavy (non-hydrogen) atoms. The molecule has 0 saturated carbocycles. The molecule has 3 aliphatic heterocycles. The van der Waals surface area contributed by atoms with Crippen LogP contribution in [0, 0.1) is 25.5 Å². The number of unbranched alkanes of at least 4 members (excludes halogenated alkanes) is 1. The normalized spacial score (nSPS) is 17.2. The molecule has 5 aromatic rings. The van der Waals surface area contributed by atoms with Gasteiger partial charge in [0.05, 0.1) is 27.8 Å². The zero-order valence-electron chi connectivity index (χ0n) is 37.0. The highest BCUT2D eigenvalue weighted by Crippen LogP contribution is 2.37. The number of amides is 6. The number of nitrogens with one attached hydrogen (secondary N) is 3. The van der Waals surface area contributed by atoms with Crippen LogP contribution in [-0.2, 0) is 25.7 Å². The van der Waals surface area contributed by atoms with Crippen molar-refractivity contribution in [3.05, 3.63) is 117 Å². The van der Waals surface area contributed by atoms with Gasteiger partial charge in [-0.1, -0.05) is 30.8 Å².